The van der Waals surface area contributed by atoms with Gasteiger partial charge in [-0.1, -0.05) is 12.8 Å². The van der Waals surface area contributed by atoms with Gasteiger partial charge in [0.2, 0.25) is 5.91 Å². The number of carbonyl (C=O) groups is 1. The molecule has 1 amide bonds. The zero-order chi connectivity index (χ0) is 12.0. The highest BCUT2D eigenvalue weighted by Crippen LogP contribution is 2.22. The van der Waals surface area contributed by atoms with Gasteiger partial charge >= 0.3 is 0 Å². The van der Waals surface area contributed by atoms with E-state index in [1.54, 1.807) is 0 Å². The van der Waals surface area contributed by atoms with E-state index in [1.165, 1.54) is 25.7 Å². The highest BCUT2D eigenvalue weighted by molar-refractivity contribution is 5.78. The van der Waals surface area contributed by atoms with Gasteiger partial charge in [-0.2, -0.15) is 0 Å². The van der Waals surface area contributed by atoms with E-state index in [-0.39, 0.29) is 11.9 Å². The van der Waals surface area contributed by atoms with Crippen LogP contribution in [0.3, 0.4) is 0 Å². The minimum absolute atomic E-state index is 0.121. The van der Waals surface area contributed by atoms with Crippen LogP contribution in [0.2, 0.25) is 0 Å². The van der Waals surface area contributed by atoms with Gasteiger partial charge in [0.25, 0.3) is 0 Å². The Balaban J connectivity index is 2.40. The standard InChI is InChI=1S/C12H25N3O/c1-10(2)14-12(16)9-15(8-7-13)11-5-3-4-6-11/h10-11H,3-9,13H2,1-2H3,(H,14,16). The Bertz CT molecular complexity index is 212. The van der Waals surface area contributed by atoms with E-state index in [9.17, 15) is 4.79 Å². The first-order chi connectivity index (χ1) is 7.63. The number of nitrogens with zero attached hydrogens (tertiary/aromatic N) is 1. The molecule has 0 bridgehead atoms. The summed E-state index contributed by atoms with van der Waals surface area (Å²) in [5, 5.41) is 2.93. The molecule has 0 spiro atoms. The third kappa shape index (κ3) is 4.49. The van der Waals surface area contributed by atoms with Crippen LogP contribution in [0, 0.1) is 0 Å². The van der Waals surface area contributed by atoms with Crippen LogP contribution < -0.4 is 11.1 Å². The topological polar surface area (TPSA) is 58.4 Å². The SMILES string of the molecule is CC(C)NC(=O)CN(CCN)C1CCCC1. The van der Waals surface area contributed by atoms with Crippen molar-refractivity contribution in [2.45, 2.75) is 51.6 Å². The summed E-state index contributed by atoms with van der Waals surface area (Å²) in [6.45, 7) is 5.93. The highest BCUT2D eigenvalue weighted by Gasteiger charge is 2.23. The molecular formula is C12H25N3O. The lowest BCUT2D eigenvalue weighted by Crippen LogP contribution is -2.45. The van der Waals surface area contributed by atoms with Crippen molar-refractivity contribution in [3.05, 3.63) is 0 Å². The van der Waals surface area contributed by atoms with Crippen LogP contribution >= 0.6 is 0 Å². The first-order valence-electron chi connectivity index (χ1n) is 6.37. The maximum absolute atomic E-state index is 11.7. The maximum Gasteiger partial charge on any atom is 0.234 e. The van der Waals surface area contributed by atoms with Crippen LogP contribution in [0.4, 0.5) is 0 Å². The van der Waals surface area contributed by atoms with Gasteiger partial charge < -0.3 is 11.1 Å². The predicted molar refractivity (Wildman–Crippen MR) is 66.2 cm³/mol. The zero-order valence-electron chi connectivity index (χ0n) is 10.5. The lowest BCUT2D eigenvalue weighted by Gasteiger charge is -2.27. The molecule has 94 valence electrons. The molecule has 16 heavy (non-hydrogen) atoms. The molecule has 0 aromatic heterocycles. The maximum atomic E-state index is 11.7. The van der Waals surface area contributed by atoms with E-state index in [0.29, 0.717) is 19.1 Å². The molecular weight excluding hydrogens is 202 g/mol. The van der Waals surface area contributed by atoms with E-state index in [2.05, 4.69) is 10.2 Å². The zero-order valence-corrected chi connectivity index (χ0v) is 10.5. The molecule has 1 fully saturated rings. The first kappa shape index (κ1) is 13.5. The Kier molecular flexibility index (Phi) is 5.77. The fourth-order valence-electron chi connectivity index (χ4n) is 2.38. The number of hydrogen-bond acceptors (Lipinski definition) is 3. The molecule has 1 saturated carbocycles. The minimum atomic E-state index is 0.121. The van der Waals surface area contributed by atoms with Crippen LogP contribution in [-0.4, -0.2) is 42.5 Å². The third-order valence-electron chi connectivity index (χ3n) is 3.05. The van der Waals surface area contributed by atoms with Gasteiger partial charge in [-0.3, -0.25) is 9.69 Å². The average molecular weight is 227 g/mol. The molecule has 0 aliphatic heterocycles. The molecule has 0 radical (unpaired) electrons. The number of nitrogens with one attached hydrogen (secondary N) is 1. The van der Waals surface area contributed by atoms with Crippen molar-refractivity contribution in [1.82, 2.24) is 10.2 Å². The lowest BCUT2D eigenvalue weighted by atomic mass is 10.2. The summed E-state index contributed by atoms with van der Waals surface area (Å²) in [6.07, 6.45) is 5.01. The van der Waals surface area contributed by atoms with Gasteiger partial charge in [0.15, 0.2) is 0 Å². The molecule has 3 N–H and O–H groups in total. The molecule has 1 aliphatic rings. The van der Waals surface area contributed by atoms with E-state index in [0.717, 1.165) is 6.54 Å². The second-order valence-electron chi connectivity index (χ2n) is 4.92. The summed E-state index contributed by atoms with van der Waals surface area (Å²) in [4.78, 5) is 13.9. The van der Waals surface area contributed by atoms with Gasteiger partial charge in [0, 0.05) is 25.2 Å². The highest BCUT2D eigenvalue weighted by atomic mass is 16.2. The molecule has 0 saturated heterocycles. The molecule has 0 aromatic rings. The van der Waals surface area contributed by atoms with Crippen LogP contribution in [-0.2, 0) is 4.79 Å². The fourth-order valence-corrected chi connectivity index (χ4v) is 2.38. The Morgan fingerprint density at radius 1 is 1.44 bits per heavy atom. The Morgan fingerprint density at radius 3 is 2.56 bits per heavy atom. The average Bonchev–Trinajstić information content (AvgIpc) is 2.68. The number of rotatable bonds is 6. The Hall–Kier alpha value is -0.610. The number of hydrogen-bond donors (Lipinski definition) is 2. The van der Waals surface area contributed by atoms with Crippen LogP contribution in [0.5, 0.6) is 0 Å². The van der Waals surface area contributed by atoms with Gasteiger partial charge in [0.1, 0.15) is 0 Å². The smallest absolute Gasteiger partial charge is 0.234 e. The number of nitrogens with two attached hydrogens (primary N) is 1. The van der Waals surface area contributed by atoms with Gasteiger partial charge in [-0.25, -0.2) is 0 Å². The normalized spacial score (nSPS) is 17.3. The molecule has 0 atom stereocenters. The van der Waals surface area contributed by atoms with Crippen molar-refractivity contribution in [2.75, 3.05) is 19.6 Å². The van der Waals surface area contributed by atoms with Crippen LogP contribution in [0.15, 0.2) is 0 Å². The third-order valence-corrected chi connectivity index (χ3v) is 3.05. The van der Waals surface area contributed by atoms with Crippen molar-refractivity contribution in [3.63, 3.8) is 0 Å². The quantitative estimate of drug-likeness (QED) is 0.703. The van der Waals surface area contributed by atoms with E-state index in [4.69, 9.17) is 5.73 Å². The van der Waals surface area contributed by atoms with Crippen molar-refractivity contribution >= 4 is 5.91 Å². The molecule has 4 nitrogen and oxygen atoms in total. The second kappa shape index (κ2) is 6.86. The summed E-state index contributed by atoms with van der Waals surface area (Å²) in [6, 6.07) is 0.789. The summed E-state index contributed by atoms with van der Waals surface area (Å²) in [5.74, 6) is 0.121. The van der Waals surface area contributed by atoms with Crippen LogP contribution in [0.25, 0.3) is 0 Å². The molecule has 4 heteroatoms. The summed E-state index contributed by atoms with van der Waals surface area (Å²) in [5.41, 5.74) is 5.60. The minimum Gasteiger partial charge on any atom is -0.353 e. The van der Waals surface area contributed by atoms with Crippen molar-refractivity contribution < 1.29 is 4.79 Å². The van der Waals surface area contributed by atoms with Gasteiger partial charge in [-0.05, 0) is 26.7 Å². The van der Waals surface area contributed by atoms with Crippen LogP contribution in [0.1, 0.15) is 39.5 Å². The molecule has 0 unspecified atom stereocenters. The van der Waals surface area contributed by atoms with E-state index < -0.39 is 0 Å². The van der Waals surface area contributed by atoms with Crippen molar-refractivity contribution in [3.8, 4) is 0 Å². The Labute approximate surface area is 98.6 Å². The number of amides is 1. The van der Waals surface area contributed by atoms with Gasteiger partial charge in [0.05, 0.1) is 6.54 Å². The fraction of sp³-hybridized carbons (Fsp3) is 0.917. The summed E-state index contributed by atoms with van der Waals surface area (Å²) >= 11 is 0. The van der Waals surface area contributed by atoms with Gasteiger partial charge in [-0.15, -0.1) is 0 Å². The lowest BCUT2D eigenvalue weighted by molar-refractivity contribution is -0.123. The predicted octanol–water partition coefficient (Wildman–Crippen LogP) is 0.714. The van der Waals surface area contributed by atoms with E-state index in [1.807, 2.05) is 13.8 Å². The second-order valence-corrected chi connectivity index (χ2v) is 4.92. The summed E-state index contributed by atoms with van der Waals surface area (Å²) < 4.78 is 0. The van der Waals surface area contributed by atoms with Crippen molar-refractivity contribution in [2.24, 2.45) is 5.73 Å². The molecule has 1 rings (SSSR count). The first-order valence-corrected chi connectivity index (χ1v) is 6.37. The molecule has 1 aliphatic carbocycles. The summed E-state index contributed by atoms with van der Waals surface area (Å²) in [7, 11) is 0. The number of carbonyl (C=O) groups excluding carboxylic acids is 1. The molecule has 0 aromatic carbocycles. The largest absolute Gasteiger partial charge is 0.353 e. The monoisotopic (exact) mass is 227 g/mol. The Morgan fingerprint density at radius 2 is 2.06 bits per heavy atom. The van der Waals surface area contributed by atoms with E-state index >= 15 is 0 Å². The molecule has 0 heterocycles. The van der Waals surface area contributed by atoms with Crippen molar-refractivity contribution in [1.29, 1.82) is 0 Å².